The average molecular weight is 216 g/mol. The molecule has 0 bridgehead atoms. The summed E-state index contributed by atoms with van der Waals surface area (Å²) in [5, 5.41) is 20.5. The Morgan fingerprint density at radius 1 is 1.50 bits per heavy atom. The van der Waals surface area contributed by atoms with Crippen molar-refractivity contribution in [1.29, 1.82) is 0 Å². The SMILES string of the molecule is CCC(C)(O)CNc1ccc(Cl)nn1. The molecule has 1 unspecified atom stereocenters. The Bertz CT molecular complexity index is 287. The highest BCUT2D eigenvalue weighted by Gasteiger charge is 2.16. The molecule has 2 N–H and O–H groups in total. The van der Waals surface area contributed by atoms with E-state index in [0.29, 0.717) is 23.9 Å². The molecule has 78 valence electrons. The van der Waals surface area contributed by atoms with E-state index in [0.717, 1.165) is 0 Å². The highest BCUT2D eigenvalue weighted by molar-refractivity contribution is 6.29. The van der Waals surface area contributed by atoms with E-state index in [-0.39, 0.29) is 0 Å². The molecule has 0 aliphatic rings. The van der Waals surface area contributed by atoms with Gasteiger partial charge in [-0.15, -0.1) is 10.2 Å². The van der Waals surface area contributed by atoms with Gasteiger partial charge in [0.2, 0.25) is 0 Å². The quantitative estimate of drug-likeness (QED) is 0.803. The highest BCUT2D eigenvalue weighted by Crippen LogP contribution is 2.11. The lowest BCUT2D eigenvalue weighted by Gasteiger charge is -2.21. The van der Waals surface area contributed by atoms with Crippen LogP contribution in [-0.2, 0) is 0 Å². The molecule has 0 radical (unpaired) electrons. The molecular weight excluding hydrogens is 202 g/mol. The Labute approximate surface area is 88.3 Å². The van der Waals surface area contributed by atoms with Crippen LogP contribution in [0.4, 0.5) is 5.82 Å². The van der Waals surface area contributed by atoms with Gasteiger partial charge in [0.25, 0.3) is 0 Å². The minimum absolute atomic E-state index is 0.359. The van der Waals surface area contributed by atoms with Crippen molar-refractivity contribution < 1.29 is 5.11 Å². The van der Waals surface area contributed by atoms with Crippen molar-refractivity contribution in [2.75, 3.05) is 11.9 Å². The molecule has 1 heterocycles. The molecule has 1 atom stereocenters. The molecule has 0 aromatic carbocycles. The molecule has 4 nitrogen and oxygen atoms in total. The first-order chi connectivity index (χ1) is 6.53. The van der Waals surface area contributed by atoms with Crippen molar-refractivity contribution in [3.05, 3.63) is 17.3 Å². The van der Waals surface area contributed by atoms with Crippen LogP contribution in [0.1, 0.15) is 20.3 Å². The number of hydrogen-bond acceptors (Lipinski definition) is 4. The number of aliphatic hydroxyl groups is 1. The van der Waals surface area contributed by atoms with Crippen molar-refractivity contribution in [3.8, 4) is 0 Å². The summed E-state index contributed by atoms with van der Waals surface area (Å²) in [6, 6.07) is 3.37. The second-order valence-electron chi connectivity index (χ2n) is 3.45. The number of rotatable bonds is 4. The van der Waals surface area contributed by atoms with Gasteiger partial charge >= 0.3 is 0 Å². The summed E-state index contributed by atoms with van der Waals surface area (Å²) in [4.78, 5) is 0. The van der Waals surface area contributed by atoms with Crippen LogP contribution in [0.5, 0.6) is 0 Å². The van der Waals surface area contributed by atoms with E-state index in [2.05, 4.69) is 15.5 Å². The summed E-state index contributed by atoms with van der Waals surface area (Å²) in [5.74, 6) is 0.614. The summed E-state index contributed by atoms with van der Waals surface area (Å²) in [6.07, 6.45) is 0.682. The second-order valence-corrected chi connectivity index (χ2v) is 3.83. The van der Waals surface area contributed by atoms with Crippen molar-refractivity contribution >= 4 is 17.4 Å². The summed E-state index contributed by atoms with van der Waals surface area (Å²) in [7, 11) is 0. The first-order valence-corrected chi connectivity index (χ1v) is 4.87. The molecule has 1 aromatic heterocycles. The lowest BCUT2D eigenvalue weighted by atomic mass is 10.0. The van der Waals surface area contributed by atoms with Gasteiger partial charge in [0.05, 0.1) is 5.60 Å². The Hall–Kier alpha value is -0.870. The van der Waals surface area contributed by atoms with Crippen LogP contribution < -0.4 is 5.32 Å². The average Bonchev–Trinajstić information content (AvgIpc) is 2.17. The monoisotopic (exact) mass is 215 g/mol. The van der Waals surface area contributed by atoms with E-state index in [1.165, 1.54) is 0 Å². The maximum atomic E-state index is 9.70. The maximum Gasteiger partial charge on any atom is 0.151 e. The van der Waals surface area contributed by atoms with E-state index in [1.807, 2.05) is 6.92 Å². The molecule has 14 heavy (non-hydrogen) atoms. The van der Waals surface area contributed by atoms with E-state index >= 15 is 0 Å². The number of aromatic nitrogens is 2. The summed E-state index contributed by atoms with van der Waals surface area (Å²) < 4.78 is 0. The lowest BCUT2D eigenvalue weighted by molar-refractivity contribution is 0.0696. The van der Waals surface area contributed by atoms with Crippen LogP contribution in [0.25, 0.3) is 0 Å². The van der Waals surface area contributed by atoms with Gasteiger partial charge in [-0.1, -0.05) is 18.5 Å². The van der Waals surface area contributed by atoms with Gasteiger partial charge < -0.3 is 10.4 Å². The third-order valence-corrected chi connectivity index (χ3v) is 2.25. The van der Waals surface area contributed by atoms with Crippen molar-refractivity contribution in [3.63, 3.8) is 0 Å². The van der Waals surface area contributed by atoms with E-state index in [9.17, 15) is 5.11 Å². The molecule has 0 aliphatic heterocycles. The topological polar surface area (TPSA) is 58.0 Å². The fourth-order valence-corrected chi connectivity index (χ4v) is 0.917. The fraction of sp³-hybridized carbons (Fsp3) is 0.556. The van der Waals surface area contributed by atoms with Crippen LogP contribution in [0.3, 0.4) is 0 Å². The van der Waals surface area contributed by atoms with Crippen molar-refractivity contribution in [1.82, 2.24) is 10.2 Å². The van der Waals surface area contributed by atoms with Gasteiger partial charge in [0.15, 0.2) is 5.15 Å². The van der Waals surface area contributed by atoms with Gasteiger partial charge in [-0.05, 0) is 25.5 Å². The highest BCUT2D eigenvalue weighted by atomic mass is 35.5. The minimum atomic E-state index is -0.721. The molecule has 1 rings (SSSR count). The number of halogens is 1. The third kappa shape index (κ3) is 3.47. The summed E-state index contributed by atoms with van der Waals surface area (Å²) in [6.45, 7) is 4.14. The molecular formula is C9H14ClN3O. The van der Waals surface area contributed by atoms with Gasteiger partial charge in [-0.25, -0.2) is 0 Å². The lowest BCUT2D eigenvalue weighted by Crippen LogP contribution is -2.32. The van der Waals surface area contributed by atoms with E-state index in [4.69, 9.17) is 11.6 Å². The Morgan fingerprint density at radius 2 is 2.21 bits per heavy atom. The normalized spacial score (nSPS) is 14.9. The first kappa shape index (κ1) is 11.2. The van der Waals surface area contributed by atoms with E-state index in [1.54, 1.807) is 19.1 Å². The van der Waals surface area contributed by atoms with Crippen molar-refractivity contribution in [2.45, 2.75) is 25.9 Å². The van der Waals surface area contributed by atoms with Gasteiger partial charge in [-0.2, -0.15) is 0 Å². The minimum Gasteiger partial charge on any atom is -0.388 e. The zero-order chi connectivity index (χ0) is 10.6. The molecule has 0 aliphatic carbocycles. The number of nitrogens with one attached hydrogen (secondary N) is 1. The molecule has 5 heteroatoms. The maximum absolute atomic E-state index is 9.70. The zero-order valence-corrected chi connectivity index (χ0v) is 9.04. The third-order valence-electron chi connectivity index (χ3n) is 2.04. The Morgan fingerprint density at radius 3 is 2.71 bits per heavy atom. The zero-order valence-electron chi connectivity index (χ0n) is 8.29. The Kier molecular flexibility index (Phi) is 3.66. The molecule has 0 saturated carbocycles. The summed E-state index contributed by atoms with van der Waals surface area (Å²) >= 11 is 5.58. The second kappa shape index (κ2) is 4.57. The predicted octanol–water partition coefficient (Wildman–Crippen LogP) is 1.70. The van der Waals surface area contributed by atoms with Crippen LogP contribution in [0, 0.1) is 0 Å². The first-order valence-electron chi connectivity index (χ1n) is 4.49. The van der Waals surface area contributed by atoms with Crippen LogP contribution in [0.15, 0.2) is 12.1 Å². The van der Waals surface area contributed by atoms with Crippen LogP contribution in [0.2, 0.25) is 5.15 Å². The van der Waals surface area contributed by atoms with Gasteiger partial charge in [-0.3, -0.25) is 0 Å². The molecule has 1 aromatic rings. The fourth-order valence-electron chi connectivity index (χ4n) is 0.816. The number of nitrogens with zero attached hydrogens (tertiary/aromatic N) is 2. The number of hydrogen-bond donors (Lipinski definition) is 2. The molecule has 0 spiro atoms. The molecule has 0 saturated heterocycles. The molecule has 0 amide bonds. The standard InChI is InChI=1S/C9H14ClN3O/c1-3-9(2,14)6-11-8-5-4-7(10)12-13-8/h4-5,14H,3,6H2,1-2H3,(H,11,13). The van der Waals surface area contributed by atoms with Crippen LogP contribution >= 0.6 is 11.6 Å². The molecule has 0 fully saturated rings. The van der Waals surface area contributed by atoms with Crippen LogP contribution in [-0.4, -0.2) is 27.4 Å². The predicted molar refractivity (Wildman–Crippen MR) is 56.4 cm³/mol. The number of anilines is 1. The summed E-state index contributed by atoms with van der Waals surface area (Å²) in [5.41, 5.74) is -0.721. The van der Waals surface area contributed by atoms with Crippen molar-refractivity contribution in [2.24, 2.45) is 0 Å². The van der Waals surface area contributed by atoms with Gasteiger partial charge in [0, 0.05) is 6.54 Å². The largest absolute Gasteiger partial charge is 0.388 e. The van der Waals surface area contributed by atoms with E-state index < -0.39 is 5.60 Å². The van der Waals surface area contributed by atoms with Gasteiger partial charge in [0.1, 0.15) is 5.82 Å². The Balaban J connectivity index is 2.50. The smallest absolute Gasteiger partial charge is 0.151 e.